The van der Waals surface area contributed by atoms with Crippen LogP contribution in [0, 0.1) is 13.8 Å². The van der Waals surface area contributed by atoms with Crippen molar-refractivity contribution < 1.29 is 26.3 Å². The Balaban J connectivity index is 0. The Kier molecular flexibility index (Phi) is 20.5. The number of rotatable bonds is 4. The highest BCUT2D eigenvalue weighted by Crippen LogP contribution is 2.23. The van der Waals surface area contributed by atoms with Crippen molar-refractivity contribution in [3.63, 3.8) is 0 Å². The van der Waals surface area contributed by atoms with Gasteiger partial charge in [0.1, 0.15) is 0 Å². The number of aromatic nitrogens is 2. The minimum absolute atomic E-state index is 0.184. The van der Waals surface area contributed by atoms with Gasteiger partial charge in [0.05, 0.1) is 18.6 Å². The molecule has 1 heterocycles. The van der Waals surface area contributed by atoms with Crippen LogP contribution in [0.15, 0.2) is 49.9 Å². The van der Waals surface area contributed by atoms with Crippen LogP contribution in [0.4, 0.5) is 26.3 Å². The fraction of sp³-hybridized carbons (Fsp3) is 0.607. The number of alkyl halides is 6. The number of halogens is 6. The molecular formula is C28H46F6N4. The lowest BCUT2D eigenvalue weighted by Gasteiger charge is -2.31. The number of benzene rings is 1. The third-order valence-electron chi connectivity index (χ3n) is 5.31. The molecular weight excluding hydrogens is 506 g/mol. The zero-order valence-electron chi connectivity index (χ0n) is 23.5. The van der Waals surface area contributed by atoms with E-state index in [1.54, 1.807) is 6.33 Å². The van der Waals surface area contributed by atoms with Gasteiger partial charge in [-0.1, -0.05) is 56.0 Å². The highest BCUT2D eigenvalue weighted by Gasteiger charge is 2.24. The Morgan fingerprint density at radius 2 is 1.58 bits per heavy atom. The van der Waals surface area contributed by atoms with Crippen molar-refractivity contribution in [3.05, 3.63) is 66.8 Å². The lowest BCUT2D eigenvalue weighted by atomic mass is 9.94. The molecule has 38 heavy (non-hydrogen) atoms. The van der Waals surface area contributed by atoms with Crippen molar-refractivity contribution in [3.8, 4) is 0 Å². The number of hydrogen-bond donors (Lipinski definition) is 1. The van der Waals surface area contributed by atoms with Crippen LogP contribution in [0.25, 0.3) is 0 Å². The van der Waals surface area contributed by atoms with Crippen molar-refractivity contribution in [1.29, 1.82) is 0 Å². The second-order valence-corrected chi connectivity index (χ2v) is 9.06. The average molecular weight is 553 g/mol. The summed E-state index contributed by atoms with van der Waals surface area (Å²) in [6.45, 7) is 11.5. The maximum absolute atomic E-state index is 11.1. The summed E-state index contributed by atoms with van der Waals surface area (Å²) in [4.78, 5) is 6.51. The van der Waals surface area contributed by atoms with Gasteiger partial charge >= 0.3 is 12.4 Å². The molecule has 0 aliphatic heterocycles. The van der Waals surface area contributed by atoms with Crippen molar-refractivity contribution in [1.82, 2.24) is 14.5 Å². The molecule has 0 spiro atoms. The first-order valence-corrected chi connectivity index (χ1v) is 12.7. The zero-order valence-corrected chi connectivity index (χ0v) is 23.5. The summed E-state index contributed by atoms with van der Waals surface area (Å²) in [5, 5.41) is 0. The molecule has 0 amide bonds. The number of imidazole rings is 1. The number of nitrogens with zero attached hydrogens (tertiary/aromatic N) is 3. The monoisotopic (exact) mass is 552 g/mol. The van der Waals surface area contributed by atoms with Crippen LogP contribution in [0.1, 0.15) is 68.7 Å². The maximum atomic E-state index is 11.1. The summed E-state index contributed by atoms with van der Waals surface area (Å²) >= 11 is 0. The van der Waals surface area contributed by atoms with Crippen LogP contribution >= 0.6 is 0 Å². The Morgan fingerprint density at radius 3 is 1.89 bits per heavy atom. The molecule has 1 aliphatic rings. The lowest BCUT2D eigenvalue weighted by Crippen LogP contribution is -2.32. The van der Waals surface area contributed by atoms with Gasteiger partial charge in [-0.05, 0) is 45.7 Å². The van der Waals surface area contributed by atoms with Crippen molar-refractivity contribution in [2.24, 2.45) is 12.8 Å². The SMILES string of the molecule is C=C.CCCC(F)(F)F.Cc1cccc(CN(C)C2CCCCC2)c1.Cc1cn(C)cn1.NCC(F)(F)F. The third kappa shape index (κ3) is 22.8. The van der Waals surface area contributed by atoms with E-state index < -0.39 is 25.3 Å². The molecule has 220 valence electrons. The molecule has 1 saturated carbocycles. The molecule has 0 unspecified atom stereocenters. The van der Waals surface area contributed by atoms with E-state index in [-0.39, 0.29) is 6.42 Å². The second-order valence-electron chi connectivity index (χ2n) is 9.06. The molecule has 10 heteroatoms. The van der Waals surface area contributed by atoms with Gasteiger partial charge in [0.2, 0.25) is 0 Å². The number of nitrogens with two attached hydrogens (primary N) is 1. The molecule has 0 saturated heterocycles. The van der Waals surface area contributed by atoms with Crippen molar-refractivity contribution >= 4 is 0 Å². The normalized spacial score (nSPS) is 13.5. The standard InChI is InChI=1S/C15H23N.C5H8N2.C4H7F3.C2H4F3N.C2H4/c1-13-7-6-8-14(11-13)12-16(2)15-9-4-3-5-10-15;1-5-3-7(2)4-6-5;1-2-3-4(5,6)7;3-2(4,5)1-6;1-2/h6-8,11,15H,3-5,9-10,12H2,1-2H3;3-4H,1-2H3;2-3H2,1H3;1,6H2;1-2H2. The molecule has 0 atom stereocenters. The van der Waals surface area contributed by atoms with Crippen molar-refractivity contribution in [2.45, 2.75) is 90.7 Å². The van der Waals surface area contributed by atoms with Gasteiger partial charge < -0.3 is 10.3 Å². The summed E-state index contributed by atoms with van der Waals surface area (Å²) in [7, 11) is 4.23. The minimum atomic E-state index is -4.18. The first-order chi connectivity index (χ1) is 17.7. The molecule has 0 bridgehead atoms. The first kappa shape index (κ1) is 37.8. The predicted octanol–water partition coefficient (Wildman–Crippen LogP) is 8.15. The van der Waals surface area contributed by atoms with E-state index >= 15 is 0 Å². The molecule has 4 nitrogen and oxygen atoms in total. The van der Waals surface area contributed by atoms with Crippen LogP contribution < -0.4 is 5.73 Å². The first-order valence-electron chi connectivity index (χ1n) is 12.7. The smallest absolute Gasteiger partial charge is 0.340 e. The van der Waals surface area contributed by atoms with Crippen LogP contribution in [-0.2, 0) is 13.6 Å². The highest BCUT2D eigenvalue weighted by molar-refractivity contribution is 5.22. The third-order valence-corrected chi connectivity index (χ3v) is 5.31. The van der Waals surface area contributed by atoms with Gasteiger partial charge in [-0.25, -0.2) is 4.98 Å². The van der Waals surface area contributed by atoms with Gasteiger partial charge in [0, 0.05) is 32.3 Å². The maximum Gasteiger partial charge on any atom is 0.400 e. The average Bonchev–Trinajstić information content (AvgIpc) is 3.23. The number of hydrogen-bond acceptors (Lipinski definition) is 3. The zero-order chi connectivity index (χ0) is 29.8. The van der Waals surface area contributed by atoms with Gasteiger partial charge in [-0.3, -0.25) is 4.90 Å². The molecule has 0 radical (unpaired) electrons. The molecule has 2 aromatic rings. The largest absolute Gasteiger partial charge is 0.400 e. The summed E-state index contributed by atoms with van der Waals surface area (Å²) in [5.41, 5.74) is 8.07. The van der Waals surface area contributed by atoms with Crippen LogP contribution in [0.2, 0.25) is 0 Å². The van der Waals surface area contributed by atoms with Gasteiger partial charge in [-0.15, -0.1) is 13.2 Å². The van der Waals surface area contributed by atoms with E-state index in [0.717, 1.165) is 18.3 Å². The molecule has 2 N–H and O–H groups in total. The summed E-state index contributed by atoms with van der Waals surface area (Å²) < 4.78 is 67.1. The lowest BCUT2D eigenvalue weighted by molar-refractivity contribution is -0.134. The summed E-state index contributed by atoms with van der Waals surface area (Å²) in [6, 6.07) is 9.70. The fourth-order valence-corrected chi connectivity index (χ4v) is 3.58. The molecule has 1 aliphatic carbocycles. The summed E-state index contributed by atoms with van der Waals surface area (Å²) in [5.74, 6) is 0. The van der Waals surface area contributed by atoms with E-state index in [9.17, 15) is 26.3 Å². The number of aryl methyl sites for hydroxylation is 3. The molecule has 1 aromatic heterocycles. The van der Waals surface area contributed by atoms with E-state index in [1.165, 1.54) is 50.2 Å². The van der Waals surface area contributed by atoms with Crippen molar-refractivity contribution in [2.75, 3.05) is 13.6 Å². The van der Waals surface area contributed by atoms with Crippen LogP contribution in [0.5, 0.6) is 0 Å². The highest BCUT2D eigenvalue weighted by atomic mass is 19.4. The van der Waals surface area contributed by atoms with Gasteiger partial charge in [-0.2, -0.15) is 26.3 Å². The van der Waals surface area contributed by atoms with E-state index in [1.807, 2.05) is 24.7 Å². The van der Waals surface area contributed by atoms with E-state index in [2.05, 4.69) is 67.0 Å². The van der Waals surface area contributed by atoms with Gasteiger partial charge in [0.15, 0.2) is 0 Å². The molecule has 1 aromatic carbocycles. The summed E-state index contributed by atoms with van der Waals surface area (Å²) in [6.07, 6.45) is 2.21. The molecule has 1 fully saturated rings. The fourth-order valence-electron chi connectivity index (χ4n) is 3.58. The Hall–Kier alpha value is -2.33. The minimum Gasteiger partial charge on any atom is -0.340 e. The topological polar surface area (TPSA) is 47.1 Å². The van der Waals surface area contributed by atoms with Crippen LogP contribution in [0.3, 0.4) is 0 Å². The second kappa shape index (κ2) is 20.6. The Labute approximate surface area is 224 Å². The van der Waals surface area contributed by atoms with Gasteiger partial charge in [0.25, 0.3) is 0 Å². The Bertz CT molecular complexity index is 811. The van der Waals surface area contributed by atoms with Crippen LogP contribution in [-0.4, -0.2) is 46.4 Å². The quantitative estimate of drug-likeness (QED) is 0.308. The Morgan fingerprint density at radius 1 is 1.03 bits per heavy atom. The van der Waals surface area contributed by atoms with E-state index in [0.29, 0.717) is 0 Å². The predicted molar refractivity (Wildman–Crippen MR) is 145 cm³/mol. The molecule has 3 rings (SSSR count). The van der Waals surface area contributed by atoms with E-state index in [4.69, 9.17) is 0 Å².